The molecule has 0 aliphatic heterocycles. The van der Waals surface area contributed by atoms with Crippen LogP contribution in [0.2, 0.25) is 0 Å². The molecule has 0 atom stereocenters. The van der Waals surface area contributed by atoms with Gasteiger partial charge in [0.25, 0.3) is 0 Å². The van der Waals surface area contributed by atoms with Gasteiger partial charge in [0.15, 0.2) is 5.78 Å². The number of hydrogen-bond acceptors (Lipinski definition) is 5. The normalized spacial score (nSPS) is 14.0. The molecule has 2 aromatic rings. The van der Waals surface area contributed by atoms with Crippen molar-refractivity contribution in [2.24, 2.45) is 5.18 Å². The second-order valence-corrected chi connectivity index (χ2v) is 5.10. The Labute approximate surface area is 130 Å². The van der Waals surface area contributed by atoms with E-state index >= 15 is 0 Å². The number of allylic oxidation sites excluding steroid dienone is 2. The van der Waals surface area contributed by atoms with Gasteiger partial charge in [0.2, 0.25) is 5.78 Å². The van der Waals surface area contributed by atoms with Crippen molar-refractivity contribution in [3.63, 3.8) is 0 Å². The molecule has 0 spiro atoms. The molecule has 0 bridgehead atoms. The number of nitroso groups, excluding NO2 is 1. The monoisotopic (exact) mass is 312 g/mol. The van der Waals surface area contributed by atoms with Gasteiger partial charge in [0, 0.05) is 5.56 Å². The van der Waals surface area contributed by atoms with Crippen LogP contribution in [0.15, 0.2) is 52.7 Å². The molecular formula is C16H9ClN2O3. The molecule has 0 saturated heterocycles. The zero-order valence-corrected chi connectivity index (χ0v) is 11.9. The van der Waals surface area contributed by atoms with Crippen LogP contribution >= 0.6 is 11.6 Å². The average molecular weight is 313 g/mol. The first-order valence-corrected chi connectivity index (χ1v) is 6.74. The fourth-order valence-corrected chi connectivity index (χ4v) is 2.73. The summed E-state index contributed by atoms with van der Waals surface area (Å²) in [5.74, 6) is -0.993. The summed E-state index contributed by atoms with van der Waals surface area (Å²) < 4.78 is 0. The van der Waals surface area contributed by atoms with E-state index in [0.717, 1.165) is 0 Å². The van der Waals surface area contributed by atoms with Crippen molar-refractivity contribution in [3.05, 3.63) is 69.1 Å². The summed E-state index contributed by atoms with van der Waals surface area (Å²) in [7, 11) is 0. The van der Waals surface area contributed by atoms with Crippen molar-refractivity contribution in [2.75, 3.05) is 5.73 Å². The van der Waals surface area contributed by atoms with Crippen LogP contribution in [0.1, 0.15) is 26.3 Å². The molecule has 5 nitrogen and oxygen atoms in total. The van der Waals surface area contributed by atoms with E-state index in [0.29, 0.717) is 5.56 Å². The predicted molar refractivity (Wildman–Crippen MR) is 84.2 cm³/mol. The minimum atomic E-state index is -0.585. The number of carbonyl (C=O) groups excluding carboxylic acids is 2. The highest BCUT2D eigenvalue weighted by Crippen LogP contribution is 2.39. The molecule has 0 fully saturated rings. The maximum absolute atomic E-state index is 12.7. The molecule has 108 valence electrons. The highest BCUT2D eigenvalue weighted by Gasteiger charge is 2.34. The summed E-state index contributed by atoms with van der Waals surface area (Å²) >= 11 is 6.10. The lowest BCUT2D eigenvalue weighted by Crippen LogP contribution is -2.21. The topological polar surface area (TPSA) is 89.6 Å². The molecular weight excluding hydrogens is 304 g/mol. The molecule has 1 aliphatic rings. The molecule has 0 unspecified atom stereocenters. The summed E-state index contributed by atoms with van der Waals surface area (Å²) in [6.45, 7) is 0. The van der Waals surface area contributed by atoms with Gasteiger partial charge in [-0.3, -0.25) is 9.59 Å². The van der Waals surface area contributed by atoms with Crippen molar-refractivity contribution < 1.29 is 9.59 Å². The summed E-state index contributed by atoms with van der Waals surface area (Å²) in [4.78, 5) is 35.8. The standard InChI is InChI=1S/C16H9ClN2O3/c17-13-11(8-4-2-1-3-5-8)15(20)9-6-7-10(19-22)14(18)12(9)16(13)21/h1-7H,18H2. The molecule has 0 heterocycles. The summed E-state index contributed by atoms with van der Waals surface area (Å²) in [5.41, 5.74) is 6.29. The number of Topliss-reactive ketones (excluding diaryl/α,β-unsaturated/α-hetero) is 2. The van der Waals surface area contributed by atoms with Crippen LogP contribution in [0, 0.1) is 4.91 Å². The maximum Gasteiger partial charge on any atom is 0.208 e. The lowest BCUT2D eigenvalue weighted by atomic mass is 9.85. The van der Waals surface area contributed by atoms with Gasteiger partial charge in [0.1, 0.15) is 10.7 Å². The lowest BCUT2D eigenvalue weighted by Gasteiger charge is -2.19. The molecule has 3 rings (SSSR count). The first-order chi connectivity index (χ1) is 10.6. The average Bonchev–Trinajstić information content (AvgIpc) is 2.54. The number of fused-ring (bicyclic) bond motifs is 1. The third-order valence-corrected chi connectivity index (χ3v) is 3.86. The minimum absolute atomic E-state index is 0.0632. The van der Waals surface area contributed by atoms with Crippen molar-refractivity contribution in [1.29, 1.82) is 0 Å². The van der Waals surface area contributed by atoms with Crippen LogP contribution in [0.4, 0.5) is 11.4 Å². The first kappa shape index (κ1) is 14.2. The number of rotatable bonds is 2. The van der Waals surface area contributed by atoms with E-state index in [4.69, 9.17) is 17.3 Å². The number of nitrogens with zero attached hydrogens (tertiary/aromatic N) is 1. The summed E-state index contributed by atoms with van der Waals surface area (Å²) in [6.07, 6.45) is 0. The van der Waals surface area contributed by atoms with Gasteiger partial charge in [-0.15, -0.1) is 4.91 Å². The predicted octanol–water partition coefficient (Wildman–Crippen LogP) is 3.70. The number of anilines is 1. The maximum atomic E-state index is 12.7. The third kappa shape index (κ3) is 1.95. The number of ketones is 2. The van der Waals surface area contributed by atoms with E-state index in [9.17, 15) is 14.5 Å². The number of hydrogen-bond donors (Lipinski definition) is 1. The van der Waals surface area contributed by atoms with Crippen molar-refractivity contribution >= 4 is 40.1 Å². The fraction of sp³-hybridized carbons (Fsp3) is 0. The van der Waals surface area contributed by atoms with E-state index < -0.39 is 11.6 Å². The Balaban J connectivity index is 2.28. The smallest absolute Gasteiger partial charge is 0.208 e. The van der Waals surface area contributed by atoms with Gasteiger partial charge in [0.05, 0.1) is 16.8 Å². The second-order valence-electron chi connectivity index (χ2n) is 4.73. The quantitative estimate of drug-likeness (QED) is 0.676. The van der Waals surface area contributed by atoms with E-state index in [1.165, 1.54) is 12.1 Å². The highest BCUT2D eigenvalue weighted by atomic mass is 35.5. The van der Waals surface area contributed by atoms with E-state index in [-0.39, 0.29) is 33.1 Å². The van der Waals surface area contributed by atoms with E-state index in [2.05, 4.69) is 5.18 Å². The van der Waals surface area contributed by atoms with Crippen LogP contribution in [0.5, 0.6) is 0 Å². The summed E-state index contributed by atoms with van der Waals surface area (Å²) in [6, 6.07) is 11.3. The lowest BCUT2D eigenvalue weighted by molar-refractivity contribution is 0.0998. The number of benzene rings is 2. The van der Waals surface area contributed by atoms with Crippen LogP contribution in [-0.2, 0) is 0 Å². The zero-order chi connectivity index (χ0) is 15.9. The molecule has 0 radical (unpaired) electrons. The van der Waals surface area contributed by atoms with Gasteiger partial charge in [-0.1, -0.05) is 41.9 Å². The van der Waals surface area contributed by atoms with Gasteiger partial charge in [-0.25, -0.2) is 0 Å². The fourth-order valence-electron chi connectivity index (χ4n) is 2.44. The number of halogens is 1. The molecule has 0 amide bonds. The van der Waals surface area contributed by atoms with E-state index in [1.54, 1.807) is 30.3 Å². The minimum Gasteiger partial charge on any atom is -0.396 e. The van der Waals surface area contributed by atoms with Crippen LogP contribution < -0.4 is 5.73 Å². The van der Waals surface area contributed by atoms with Crippen molar-refractivity contribution in [2.45, 2.75) is 0 Å². The van der Waals surface area contributed by atoms with Gasteiger partial charge in [-0.05, 0) is 22.9 Å². The first-order valence-electron chi connectivity index (χ1n) is 6.36. The molecule has 2 aromatic carbocycles. The van der Waals surface area contributed by atoms with Crippen molar-refractivity contribution in [3.8, 4) is 0 Å². The van der Waals surface area contributed by atoms with E-state index in [1.807, 2.05) is 0 Å². The molecule has 22 heavy (non-hydrogen) atoms. The number of carbonyl (C=O) groups is 2. The van der Waals surface area contributed by atoms with Crippen LogP contribution in [-0.4, -0.2) is 11.6 Å². The SMILES string of the molecule is Nc1c(N=O)ccc2c1C(=O)C(Cl)=C(c1ccccc1)C2=O. The molecule has 0 saturated carbocycles. The van der Waals surface area contributed by atoms with Gasteiger partial charge >= 0.3 is 0 Å². The molecule has 6 heteroatoms. The van der Waals surface area contributed by atoms with Crippen LogP contribution in [0.25, 0.3) is 5.57 Å². The number of nitrogens with two attached hydrogens (primary N) is 1. The largest absolute Gasteiger partial charge is 0.396 e. The van der Waals surface area contributed by atoms with Gasteiger partial charge < -0.3 is 5.73 Å². The Bertz CT molecular complexity index is 857. The highest BCUT2D eigenvalue weighted by molar-refractivity contribution is 6.57. The second kappa shape index (κ2) is 5.20. The molecule has 1 aliphatic carbocycles. The molecule has 0 aromatic heterocycles. The Morgan fingerprint density at radius 3 is 2.27 bits per heavy atom. The Morgan fingerprint density at radius 1 is 0.955 bits per heavy atom. The Kier molecular flexibility index (Phi) is 3.35. The summed E-state index contributed by atoms with van der Waals surface area (Å²) in [5, 5.41) is 2.53. The number of nitrogen functional groups attached to an aromatic ring is 1. The van der Waals surface area contributed by atoms with Crippen molar-refractivity contribution in [1.82, 2.24) is 0 Å². The van der Waals surface area contributed by atoms with Crippen LogP contribution in [0.3, 0.4) is 0 Å². The van der Waals surface area contributed by atoms with Gasteiger partial charge in [-0.2, -0.15) is 0 Å². The Morgan fingerprint density at radius 2 is 1.64 bits per heavy atom. The Hall–Kier alpha value is -2.79. The molecule has 2 N–H and O–H groups in total. The third-order valence-electron chi connectivity index (χ3n) is 3.50. The zero-order valence-electron chi connectivity index (χ0n) is 11.2.